The molecule has 0 atom stereocenters. The fourth-order valence-corrected chi connectivity index (χ4v) is 3.68. The number of benzene rings is 2. The van der Waals surface area contributed by atoms with Gasteiger partial charge in [0.05, 0.1) is 6.54 Å². The number of carbonyl (C=O) groups is 2. The van der Waals surface area contributed by atoms with Gasteiger partial charge in [-0.15, -0.1) is 0 Å². The van der Waals surface area contributed by atoms with E-state index in [1.54, 1.807) is 30.3 Å². The molecule has 0 radical (unpaired) electrons. The van der Waals surface area contributed by atoms with E-state index in [-0.39, 0.29) is 11.8 Å². The van der Waals surface area contributed by atoms with E-state index in [0.29, 0.717) is 25.5 Å². The van der Waals surface area contributed by atoms with Crippen LogP contribution >= 0.6 is 0 Å². The Labute approximate surface area is 175 Å². The van der Waals surface area contributed by atoms with E-state index in [1.807, 2.05) is 36.2 Å². The van der Waals surface area contributed by atoms with Gasteiger partial charge in [0.1, 0.15) is 5.82 Å². The summed E-state index contributed by atoms with van der Waals surface area (Å²) >= 11 is 0. The van der Waals surface area contributed by atoms with E-state index in [0.717, 1.165) is 22.1 Å². The minimum atomic E-state index is -0.0803. The summed E-state index contributed by atoms with van der Waals surface area (Å²) in [5.41, 5.74) is 2.87. The molecule has 152 valence electrons. The molecule has 2 amide bonds. The number of pyridine rings is 1. The molecule has 0 saturated heterocycles. The zero-order chi connectivity index (χ0) is 21.1. The average molecular weight is 400 g/mol. The highest BCUT2D eigenvalue weighted by atomic mass is 16.2. The van der Waals surface area contributed by atoms with Crippen LogP contribution in [0.3, 0.4) is 0 Å². The van der Waals surface area contributed by atoms with Gasteiger partial charge in [-0.25, -0.2) is 4.98 Å². The van der Waals surface area contributed by atoms with Crippen LogP contribution in [-0.4, -0.2) is 47.2 Å². The summed E-state index contributed by atoms with van der Waals surface area (Å²) in [7, 11) is 3.69. The lowest BCUT2D eigenvalue weighted by molar-refractivity contribution is -0.125. The van der Waals surface area contributed by atoms with Crippen LogP contribution in [0.15, 0.2) is 60.8 Å². The van der Waals surface area contributed by atoms with Gasteiger partial charge in [-0.1, -0.05) is 42.5 Å². The monoisotopic (exact) mass is 400 g/mol. The summed E-state index contributed by atoms with van der Waals surface area (Å²) in [6.07, 6.45) is 4.99. The third kappa shape index (κ3) is 4.39. The second kappa shape index (κ2) is 8.47. The molecule has 0 spiro atoms. The normalized spacial score (nSPS) is 14.4. The van der Waals surface area contributed by atoms with Crippen LogP contribution in [0.5, 0.6) is 0 Å². The zero-order valence-corrected chi connectivity index (χ0v) is 17.1. The first kappa shape index (κ1) is 19.8. The maximum atomic E-state index is 12.6. The molecule has 1 aliphatic heterocycles. The molecule has 0 aliphatic carbocycles. The maximum Gasteiger partial charge on any atom is 0.246 e. The summed E-state index contributed by atoms with van der Waals surface area (Å²) in [4.78, 5) is 32.4. The number of aromatic nitrogens is 1. The van der Waals surface area contributed by atoms with E-state index >= 15 is 0 Å². The van der Waals surface area contributed by atoms with Gasteiger partial charge in [0.15, 0.2) is 0 Å². The molecule has 6 heteroatoms. The Morgan fingerprint density at radius 2 is 2.00 bits per heavy atom. The van der Waals surface area contributed by atoms with Crippen molar-refractivity contribution in [3.8, 4) is 0 Å². The number of hydrogen-bond donors (Lipinski definition) is 1. The number of hydrogen-bond acceptors (Lipinski definition) is 4. The fourth-order valence-electron chi connectivity index (χ4n) is 3.68. The molecule has 1 aliphatic rings. The van der Waals surface area contributed by atoms with Gasteiger partial charge in [-0.05, 0) is 41.1 Å². The summed E-state index contributed by atoms with van der Waals surface area (Å²) in [6, 6.07) is 16.3. The largest absolute Gasteiger partial charge is 0.338 e. The van der Waals surface area contributed by atoms with Gasteiger partial charge in [-0.3, -0.25) is 14.5 Å². The van der Waals surface area contributed by atoms with Gasteiger partial charge < -0.3 is 10.2 Å². The predicted octanol–water partition coefficient (Wildman–Crippen LogP) is 3.29. The molecule has 0 saturated carbocycles. The second-order valence-electron chi connectivity index (χ2n) is 7.66. The fraction of sp³-hybridized carbons (Fsp3) is 0.208. The molecule has 0 unspecified atom stereocenters. The number of rotatable bonds is 4. The van der Waals surface area contributed by atoms with Crippen LogP contribution in [-0.2, 0) is 22.7 Å². The highest BCUT2D eigenvalue weighted by Crippen LogP contribution is 2.21. The first-order valence-electron chi connectivity index (χ1n) is 9.87. The molecule has 0 fully saturated rings. The lowest BCUT2D eigenvalue weighted by Crippen LogP contribution is -2.26. The minimum absolute atomic E-state index is 0.0720. The van der Waals surface area contributed by atoms with Crippen LogP contribution in [0.2, 0.25) is 0 Å². The molecular weight excluding hydrogens is 376 g/mol. The van der Waals surface area contributed by atoms with Gasteiger partial charge in [0.2, 0.25) is 11.8 Å². The van der Waals surface area contributed by atoms with Crippen LogP contribution in [0.4, 0.5) is 5.82 Å². The highest BCUT2D eigenvalue weighted by Gasteiger charge is 2.17. The topological polar surface area (TPSA) is 65.5 Å². The smallest absolute Gasteiger partial charge is 0.246 e. The minimum Gasteiger partial charge on any atom is -0.338 e. The van der Waals surface area contributed by atoms with Crippen molar-refractivity contribution in [3.05, 3.63) is 77.5 Å². The molecule has 1 aromatic heterocycles. The molecule has 1 N–H and O–H groups in total. The van der Waals surface area contributed by atoms with Gasteiger partial charge in [0, 0.05) is 38.0 Å². The quantitative estimate of drug-likeness (QED) is 0.683. The SMILES string of the molecule is CN1CC(=O)Nc2ncc(C=CC(=O)N(C)Cc3cccc4ccccc34)cc2C1. The standard InChI is InChI=1S/C24H24N4O2/c1-27-14-20-12-17(13-25-24(20)26-22(29)16-27)10-11-23(30)28(2)15-19-8-5-7-18-6-3-4-9-21(18)19/h3-13H,14-16H2,1-2H3,(H,25,26,29). The summed E-state index contributed by atoms with van der Waals surface area (Å²) in [5.74, 6) is 0.432. The number of anilines is 1. The molecule has 2 aromatic carbocycles. The van der Waals surface area contributed by atoms with Crippen LogP contribution in [0, 0.1) is 0 Å². The number of nitrogens with zero attached hydrogens (tertiary/aromatic N) is 3. The van der Waals surface area contributed by atoms with E-state index in [9.17, 15) is 9.59 Å². The number of likely N-dealkylation sites (N-methyl/N-ethyl adjacent to an activating group) is 2. The second-order valence-corrected chi connectivity index (χ2v) is 7.66. The third-order valence-corrected chi connectivity index (χ3v) is 5.18. The van der Waals surface area contributed by atoms with Gasteiger partial charge in [0.25, 0.3) is 0 Å². The molecule has 30 heavy (non-hydrogen) atoms. The third-order valence-electron chi connectivity index (χ3n) is 5.18. The van der Waals surface area contributed by atoms with Crippen LogP contribution in [0.25, 0.3) is 16.8 Å². The molecular formula is C24H24N4O2. The van der Waals surface area contributed by atoms with Crippen molar-refractivity contribution in [1.82, 2.24) is 14.8 Å². The molecule has 2 heterocycles. The maximum absolute atomic E-state index is 12.6. The van der Waals surface area contributed by atoms with Crippen molar-refractivity contribution in [3.63, 3.8) is 0 Å². The van der Waals surface area contributed by atoms with Crippen LogP contribution in [0.1, 0.15) is 16.7 Å². The van der Waals surface area contributed by atoms with Crippen LogP contribution < -0.4 is 5.32 Å². The summed E-state index contributed by atoms with van der Waals surface area (Å²) < 4.78 is 0. The van der Waals surface area contributed by atoms with Crippen molar-refractivity contribution in [2.75, 3.05) is 26.0 Å². The van der Waals surface area contributed by atoms with E-state index in [2.05, 4.69) is 34.6 Å². The Morgan fingerprint density at radius 1 is 1.20 bits per heavy atom. The van der Waals surface area contributed by atoms with E-state index in [1.165, 1.54) is 5.39 Å². The number of nitrogens with one attached hydrogen (secondary N) is 1. The number of carbonyl (C=O) groups excluding carboxylic acids is 2. The molecule has 3 aromatic rings. The average Bonchev–Trinajstić information content (AvgIpc) is 2.88. The Balaban J connectivity index is 1.47. The van der Waals surface area contributed by atoms with Crippen molar-refractivity contribution >= 4 is 34.5 Å². The Kier molecular flexibility index (Phi) is 5.59. The first-order chi connectivity index (χ1) is 14.5. The first-order valence-corrected chi connectivity index (χ1v) is 9.87. The Hall–Kier alpha value is -3.51. The lowest BCUT2D eigenvalue weighted by Gasteiger charge is -2.17. The van der Waals surface area contributed by atoms with E-state index < -0.39 is 0 Å². The van der Waals surface area contributed by atoms with Crippen molar-refractivity contribution < 1.29 is 9.59 Å². The Morgan fingerprint density at radius 3 is 2.87 bits per heavy atom. The predicted molar refractivity (Wildman–Crippen MR) is 119 cm³/mol. The number of fused-ring (bicyclic) bond motifs is 2. The van der Waals surface area contributed by atoms with Gasteiger partial charge >= 0.3 is 0 Å². The van der Waals surface area contributed by atoms with Crippen molar-refractivity contribution in [2.45, 2.75) is 13.1 Å². The summed E-state index contributed by atoms with van der Waals surface area (Å²) in [6.45, 7) is 1.49. The molecule has 6 nitrogen and oxygen atoms in total. The van der Waals surface area contributed by atoms with E-state index in [4.69, 9.17) is 0 Å². The van der Waals surface area contributed by atoms with Gasteiger partial charge in [-0.2, -0.15) is 0 Å². The zero-order valence-electron chi connectivity index (χ0n) is 17.1. The molecule has 4 rings (SSSR count). The Bertz CT molecular complexity index is 1130. The molecule has 0 bridgehead atoms. The van der Waals surface area contributed by atoms with Crippen molar-refractivity contribution in [1.29, 1.82) is 0 Å². The highest BCUT2D eigenvalue weighted by molar-refractivity contribution is 5.94. The summed E-state index contributed by atoms with van der Waals surface area (Å²) in [5, 5.41) is 5.14. The lowest BCUT2D eigenvalue weighted by atomic mass is 10.0. The van der Waals surface area contributed by atoms with Crippen molar-refractivity contribution in [2.24, 2.45) is 0 Å². The number of amides is 2.